The zero-order valence-electron chi connectivity index (χ0n) is 14.7. The van der Waals surface area contributed by atoms with Crippen LogP contribution in [0, 0.1) is 6.92 Å². The molecule has 0 radical (unpaired) electrons. The number of rotatable bonds is 4. The molecule has 0 unspecified atom stereocenters. The Morgan fingerprint density at radius 2 is 2.19 bits per heavy atom. The summed E-state index contributed by atoms with van der Waals surface area (Å²) >= 11 is 1.64. The molecular weight excluding hydrogens is 364 g/mol. The normalized spacial score (nSPS) is 14.1. The van der Waals surface area contributed by atoms with E-state index in [0.717, 1.165) is 10.6 Å². The van der Waals surface area contributed by atoms with Crippen molar-refractivity contribution < 1.29 is 9.59 Å². The molecule has 0 aliphatic carbocycles. The number of anilines is 2. The maximum absolute atomic E-state index is 12.4. The predicted octanol–water partition coefficient (Wildman–Crippen LogP) is 2.03. The molecule has 27 heavy (non-hydrogen) atoms. The van der Waals surface area contributed by atoms with E-state index in [9.17, 15) is 9.59 Å². The molecular formula is C18H18N6O2S. The minimum Gasteiger partial charge on any atom is -0.353 e. The summed E-state index contributed by atoms with van der Waals surface area (Å²) < 4.78 is 0. The third kappa shape index (κ3) is 3.82. The molecule has 1 fully saturated rings. The highest BCUT2D eigenvalue weighted by Gasteiger charge is 2.18. The maximum atomic E-state index is 12.4. The van der Waals surface area contributed by atoms with E-state index in [1.807, 2.05) is 24.0 Å². The molecule has 3 aromatic heterocycles. The van der Waals surface area contributed by atoms with Crippen LogP contribution in [0.15, 0.2) is 36.5 Å². The van der Waals surface area contributed by atoms with Gasteiger partial charge in [-0.3, -0.25) is 14.7 Å². The summed E-state index contributed by atoms with van der Waals surface area (Å²) in [5, 5.41) is 12.6. The fourth-order valence-corrected chi connectivity index (χ4v) is 3.65. The molecule has 4 rings (SSSR count). The zero-order chi connectivity index (χ0) is 18.8. The van der Waals surface area contributed by atoms with Gasteiger partial charge in [-0.05, 0) is 37.3 Å². The Balaban J connectivity index is 1.42. The third-order valence-electron chi connectivity index (χ3n) is 4.18. The molecule has 0 saturated carbocycles. The Morgan fingerprint density at radius 1 is 1.30 bits per heavy atom. The van der Waals surface area contributed by atoms with Gasteiger partial charge in [0.05, 0.1) is 29.0 Å². The van der Waals surface area contributed by atoms with E-state index in [1.54, 1.807) is 35.7 Å². The highest BCUT2D eigenvalue weighted by Crippen LogP contribution is 2.26. The minimum absolute atomic E-state index is 0.0179. The average Bonchev–Trinajstić information content (AvgIpc) is 3.31. The van der Waals surface area contributed by atoms with Gasteiger partial charge in [0.2, 0.25) is 5.91 Å². The molecule has 3 aromatic rings. The zero-order valence-corrected chi connectivity index (χ0v) is 15.5. The summed E-state index contributed by atoms with van der Waals surface area (Å²) in [5.41, 5.74) is 1.70. The maximum Gasteiger partial charge on any atom is 0.276 e. The summed E-state index contributed by atoms with van der Waals surface area (Å²) in [6.45, 7) is 3.63. The second kappa shape index (κ2) is 7.20. The van der Waals surface area contributed by atoms with Crippen LogP contribution in [0.1, 0.15) is 15.4 Å². The van der Waals surface area contributed by atoms with Crippen LogP contribution in [0.5, 0.6) is 0 Å². The van der Waals surface area contributed by atoms with Crippen molar-refractivity contribution in [3.8, 4) is 10.6 Å². The van der Waals surface area contributed by atoms with E-state index in [4.69, 9.17) is 0 Å². The molecule has 0 atom stereocenters. The van der Waals surface area contributed by atoms with Crippen molar-refractivity contribution in [3.63, 3.8) is 0 Å². The van der Waals surface area contributed by atoms with Gasteiger partial charge in [-0.1, -0.05) is 0 Å². The van der Waals surface area contributed by atoms with E-state index >= 15 is 0 Å². The number of hydrogen-bond acceptors (Lipinski definition) is 6. The first-order chi connectivity index (χ1) is 13.1. The Bertz CT molecular complexity index is 978. The second-order valence-corrected chi connectivity index (χ2v) is 7.50. The fourth-order valence-electron chi connectivity index (χ4n) is 2.82. The lowest BCUT2D eigenvalue weighted by atomic mass is 10.3. The van der Waals surface area contributed by atoms with Gasteiger partial charge in [-0.15, -0.1) is 11.3 Å². The SMILES string of the molecule is Cc1ccc(-c2cc(C(=O)Nc3ccc(N4CCNC(=O)C4)nc3)n[nH]2)s1. The summed E-state index contributed by atoms with van der Waals surface area (Å²) in [6, 6.07) is 9.31. The van der Waals surface area contributed by atoms with Crippen LogP contribution in [0.4, 0.5) is 11.5 Å². The predicted molar refractivity (Wildman–Crippen MR) is 104 cm³/mol. The van der Waals surface area contributed by atoms with Crippen molar-refractivity contribution in [2.45, 2.75) is 6.92 Å². The van der Waals surface area contributed by atoms with Crippen molar-refractivity contribution in [1.29, 1.82) is 0 Å². The van der Waals surface area contributed by atoms with E-state index in [0.29, 0.717) is 30.3 Å². The van der Waals surface area contributed by atoms with Gasteiger partial charge in [-0.2, -0.15) is 5.10 Å². The van der Waals surface area contributed by atoms with Crippen LogP contribution in [0.2, 0.25) is 0 Å². The van der Waals surface area contributed by atoms with Crippen LogP contribution < -0.4 is 15.5 Å². The number of aromatic nitrogens is 3. The molecule has 8 nitrogen and oxygen atoms in total. The molecule has 138 valence electrons. The Kier molecular flexibility index (Phi) is 4.59. The van der Waals surface area contributed by atoms with Crippen LogP contribution >= 0.6 is 11.3 Å². The van der Waals surface area contributed by atoms with Crippen LogP contribution in [0.25, 0.3) is 10.6 Å². The largest absolute Gasteiger partial charge is 0.353 e. The minimum atomic E-state index is -0.308. The Labute approximate surface area is 159 Å². The lowest BCUT2D eigenvalue weighted by molar-refractivity contribution is -0.120. The standard InChI is InChI=1S/C18H18N6O2S/c1-11-2-4-15(27-11)13-8-14(23-22-13)18(26)21-12-3-5-16(20-9-12)24-7-6-19-17(25)10-24/h2-5,8-9H,6-7,10H2,1H3,(H,19,25)(H,21,26)(H,22,23). The van der Waals surface area contributed by atoms with Crippen molar-refractivity contribution >= 4 is 34.7 Å². The number of pyridine rings is 1. The summed E-state index contributed by atoms with van der Waals surface area (Å²) in [4.78, 5) is 32.4. The van der Waals surface area contributed by atoms with Gasteiger partial charge in [0.15, 0.2) is 5.69 Å². The molecule has 1 saturated heterocycles. The molecule has 3 N–H and O–H groups in total. The van der Waals surface area contributed by atoms with Crippen LogP contribution in [-0.2, 0) is 4.79 Å². The number of thiophene rings is 1. The number of H-pyrrole nitrogens is 1. The van der Waals surface area contributed by atoms with Gasteiger partial charge in [0.1, 0.15) is 5.82 Å². The molecule has 9 heteroatoms. The fraction of sp³-hybridized carbons (Fsp3) is 0.222. The van der Waals surface area contributed by atoms with Gasteiger partial charge in [0.25, 0.3) is 5.91 Å². The molecule has 2 amide bonds. The number of aryl methyl sites for hydroxylation is 1. The highest BCUT2D eigenvalue weighted by atomic mass is 32.1. The number of nitrogens with zero attached hydrogens (tertiary/aromatic N) is 3. The molecule has 4 heterocycles. The summed E-state index contributed by atoms with van der Waals surface area (Å²) in [6.07, 6.45) is 1.58. The lowest BCUT2D eigenvalue weighted by Crippen LogP contribution is -2.48. The first-order valence-electron chi connectivity index (χ1n) is 8.50. The van der Waals surface area contributed by atoms with Crippen LogP contribution in [-0.4, -0.2) is 46.6 Å². The number of carbonyl (C=O) groups is 2. The lowest BCUT2D eigenvalue weighted by Gasteiger charge is -2.27. The molecule has 1 aliphatic rings. The van der Waals surface area contributed by atoms with E-state index in [-0.39, 0.29) is 18.4 Å². The number of piperazine rings is 1. The first kappa shape index (κ1) is 17.2. The molecule has 0 bridgehead atoms. The van der Waals surface area contributed by atoms with Crippen molar-refractivity contribution in [3.05, 3.63) is 47.1 Å². The van der Waals surface area contributed by atoms with E-state index in [2.05, 4.69) is 25.8 Å². The summed E-state index contributed by atoms with van der Waals surface area (Å²) in [7, 11) is 0. The number of amides is 2. The van der Waals surface area contributed by atoms with Crippen molar-refractivity contribution in [2.24, 2.45) is 0 Å². The van der Waals surface area contributed by atoms with Crippen molar-refractivity contribution in [1.82, 2.24) is 20.5 Å². The topological polar surface area (TPSA) is 103 Å². The van der Waals surface area contributed by atoms with Gasteiger partial charge in [-0.25, -0.2) is 4.98 Å². The molecule has 1 aliphatic heterocycles. The Morgan fingerprint density at radius 3 is 2.89 bits per heavy atom. The van der Waals surface area contributed by atoms with Gasteiger partial charge >= 0.3 is 0 Å². The highest BCUT2D eigenvalue weighted by molar-refractivity contribution is 7.15. The third-order valence-corrected chi connectivity index (χ3v) is 5.22. The van der Waals surface area contributed by atoms with E-state index < -0.39 is 0 Å². The number of aromatic amines is 1. The summed E-state index contributed by atoms with van der Waals surface area (Å²) in [5.74, 6) is 0.381. The second-order valence-electron chi connectivity index (χ2n) is 6.21. The number of hydrogen-bond donors (Lipinski definition) is 3. The molecule has 0 spiro atoms. The Hall–Kier alpha value is -3.20. The number of carbonyl (C=O) groups excluding carboxylic acids is 2. The van der Waals surface area contributed by atoms with Gasteiger partial charge in [0, 0.05) is 18.0 Å². The average molecular weight is 382 g/mol. The quantitative estimate of drug-likeness (QED) is 0.641. The number of nitrogens with one attached hydrogen (secondary N) is 3. The smallest absolute Gasteiger partial charge is 0.276 e. The first-order valence-corrected chi connectivity index (χ1v) is 9.31. The molecule has 0 aromatic carbocycles. The van der Waals surface area contributed by atoms with Crippen molar-refractivity contribution in [2.75, 3.05) is 29.9 Å². The van der Waals surface area contributed by atoms with Gasteiger partial charge < -0.3 is 15.5 Å². The monoisotopic (exact) mass is 382 g/mol. The van der Waals surface area contributed by atoms with E-state index in [1.165, 1.54) is 4.88 Å². The van der Waals surface area contributed by atoms with Crippen LogP contribution in [0.3, 0.4) is 0 Å².